The lowest BCUT2D eigenvalue weighted by molar-refractivity contribution is 1.64. The summed E-state index contributed by atoms with van der Waals surface area (Å²) in [6.45, 7) is 0. The van der Waals surface area contributed by atoms with Crippen molar-refractivity contribution in [2.75, 3.05) is 0 Å². The summed E-state index contributed by atoms with van der Waals surface area (Å²) in [6.07, 6.45) is 0. The molecule has 0 bridgehead atoms. The molecule has 0 radical (unpaired) electrons. The highest BCUT2D eigenvalue weighted by Crippen LogP contribution is 2.46. The van der Waals surface area contributed by atoms with Gasteiger partial charge in [0.1, 0.15) is 0 Å². The smallest absolute Gasteiger partial charge is 0.0622 e. The average molecular weight is 565 g/mol. The summed E-state index contributed by atoms with van der Waals surface area (Å²) >= 11 is 0. The molecule has 0 fully saturated rings. The second kappa shape index (κ2) is 9.93. The lowest BCUT2D eigenvalue weighted by atomic mass is 9.83. The largest absolute Gasteiger partial charge is 0.0629 e. The Kier molecular flexibility index (Phi) is 4.08. The molecule has 0 aromatic heterocycles. The number of fused-ring (bicyclic) bond motifs is 6. The van der Waals surface area contributed by atoms with E-state index in [4.69, 9.17) is 5.48 Å². The first-order valence-corrected chi connectivity index (χ1v) is 14.6. The van der Waals surface area contributed by atoms with Crippen LogP contribution < -0.4 is 0 Å². The Hall–Kier alpha value is -5.72. The molecule has 0 amide bonds. The van der Waals surface area contributed by atoms with E-state index in [1.165, 1.54) is 0 Å². The molecule has 0 unspecified atom stereocenters. The standard InChI is InChI=1S/C44H28/c1-2-12-29(13-3-1)30-22-23-32-27-34(25-24-31(32)26-30)43-38-18-8-10-20-40(38)44(41-21-11-9-19-39(41)43)42-28-33-14-4-5-15-35(33)36-16-6-7-17-37(36)42/h1-28H/i8D,9D,10D,11D,18D,19D,20D,21D. The minimum atomic E-state index is -0.415. The number of rotatable bonds is 3. The van der Waals surface area contributed by atoms with Crippen LogP contribution in [-0.4, -0.2) is 0 Å². The topological polar surface area (TPSA) is 0 Å². The molecule has 0 atom stereocenters. The highest BCUT2D eigenvalue weighted by Gasteiger charge is 2.19. The van der Waals surface area contributed by atoms with E-state index in [1.807, 2.05) is 103 Å². The van der Waals surface area contributed by atoms with Crippen LogP contribution in [-0.2, 0) is 0 Å². The van der Waals surface area contributed by atoms with Crippen LogP contribution in [0, 0.1) is 0 Å². The van der Waals surface area contributed by atoms with E-state index in [2.05, 4.69) is 18.2 Å². The van der Waals surface area contributed by atoms with Crippen LogP contribution >= 0.6 is 0 Å². The first-order valence-electron chi connectivity index (χ1n) is 18.6. The molecule has 0 aliphatic heterocycles. The minimum absolute atomic E-state index is 0.205. The highest BCUT2D eigenvalue weighted by atomic mass is 14.2. The quantitative estimate of drug-likeness (QED) is 0.148. The maximum Gasteiger partial charge on any atom is 0.0629 e. The van der Waals surface area contributed by atoms with Gasteiger partial charge in [-0.2, -0.15) is 0 Å². The fourth-order valence-electron chi connectivity index (χ4n) is 6.66. The van der Waals surface area contributed by atoms with E-state index in [0.717, 1.165) is 43.4 Å². The first kappa shape index (κ1) is 18.1. The molecule has 0 heterocycles. The van der Waals surface area contributed by atoms with Gasteiger partial charge in [0.15, 0.2) is 0 Å². The summed E-state index contributed by atoms with van der Waals surface area (Å²) in [5.41, 5.74) is 4.02. The first-order chi connectivity index (χ1) is 25.2. The third-order valence-electron chi connectivity index (χ3n) is 8.65. The second-order valence-corrected chi connectivity index (χ2v) is 11.1. The van der Waals surface area contributed by atoms with Crippen LogP contribution in [0.5, 0.6) is 0 Å². The Morgan fingerprint density at radius 3 is 1.52 bits per heavy atom. The van der Waals surface area contributed by atoms with E-state index in [0.29, 0.717) is 22.3 Å². The molecule has 204 valence electrons. The molecule has 0 heteroatoms. The summed E-state index contributed by atoms with van der Waals surface area (Å²) in [6, 6.07) is 36.9. The Balaban J connectivity index is 1.49. The molecule has 0 saturated heterocycles. The number of hydrogen-bond donors (Lipinski definition) is 0. The van der Waals surface area contributed by atoms with Gasteiger partial charge in [-0.15, -0.1) is 0 Å². The monoisotopic (exact) mass is 564 g/mol. The third-order valence-corrected chi connectivity index (χ3v) is 8.65. The Morgan fingerprint density at radius 2 is 0.841 bits per heavy atom. The van der Waals surface area contributed by atoms with Crippen molar-refractivity contribution in [3.63, 3.8) is 0 Å². The van der Waals surface area contributed by atoms with Crippen LogP contribution in [0.4, 0.5) is 0 Å². The summed E-state index contributed by atoms with van der Waals surface area (Å²) < 4.78 is 72.8. The van der Waals surface area contributed by atoms with E-state index in [1.54, 1.807) is 0 Å². The van der Waals surface area contributed by atoms with Crippen LogP contribution in [0.1, 0.15) is 11.0 Å². The van der Waals surface area contributed by atoms with Crippen molar-refractivity contribution in [3.05, 3.63) is 170 Å². The fraction of sp³-hybridized carbons (Fsp3) is 0. The zero-order valence-corrected chi connectivity index (χ0v) is 23.5. The van der Waals surface area contributed by atoms with Crippen molar-refractivity contribution in [2.45, 2.75) is 0 Å². The summed E-state index contributed by atoms with van der Waals surface area (Å²) in [7, 11) is 0. The van der Waals surface area contributed by atoms with Crippen molar-refractivity contribution < 1.29 is 11.0 Å². The van der Waals surface area contributed by atoms with Crippen LogP contribution in [0.25, 0.3) is 87.2 Å². The van der Waals surface area contributed by atoms with Gasteiger partial charge >= 0.3 is 0 Å². The predicted octanol–water partition coefficient (Wildman–Crippen LogP) is 12.5. The van der Waals surface area contributed by atoms with E-state index in [9.17, 15) is 5.48 Å². The molecule has 0 aliphatic rings. The van der Waals surface area contributed by atoms with E-state index < -0.39 is 24.2 Å². The maximum atomic E-state index is 9.40. The average Bonchev–Trinajstić information content (AvgIpc) is 3.19. The van der Waals surface area contributed by atoms with Crippen molar-refractivity contribution in [1.82, 2.24) is 0 Å². The lowest BCUT2D eigenvalue weighted by Gasteiger charge is -2.20. The van der Waals surface area contributed by atoms with Gasteiger partial charge in [-0.3, -0.25) is 0 Å². The fourth-order valence-corrected chi connectivity index (χ4v) is 6.66. The predicted molar refractivity (Wildman–Crippen MR) is 190 cm³/mol. The van der Waals surface area contributed by atoms with Gasteiger partial charge in [-0.05, 0) is 105 Å². The van der Waals surface area contributed by atoms with Gasteiger partial charge in [-0.1, -0.05) is 151 Å². The number of benzene rings is 9. The zero-order chi connectivity index (χ0) is 36.0. The second-order valence-electron chi connectivity index (χ2n) is 11.1. The Labute approximate surface area is 267 Å². The molecular weight excluding hydrogens is 528 g/mol. The molecule has 9 aromatic rings. The molecular formula is C44H28. The van der Waals surface area contributed by atoms with Gasteiger partial charge in [0.25, 0.3) is 0 Å². The van der Waals surface area contributed by atoms with Gasteiger partial charge in [0, 0.05) is 0 Å². The molecule has 44 heavy (non-hydrogen) atoms. The normalized spacial score (nSPS) is 14.2. The SMILES string of the molecule is [2H]c1c([2H])c([2H])c2c(-c3cc4ccccc4c4ccccc34)c3c([2H])c([2H])c([2H])c([2H])c3c(-c3ccc4cc(-c5ccccc5)ccc4c3)c2c1[2H]. The van der Waals surface area contributed by atoms with Crippen LogP contribution in [0.2, 0.25) is 0 Å². The van der Waals surface area contributed by atoms with Crippen LogP contribution in [0.3, 0.4) is 0 Å². The Bertz CT molecular complexity index is 2910. The third kappa shape index (κ3) is 3.85. The molecule has 0 N–H and O–H groups in total. The van der Waals surface area contributed by atoms with Crippen LogP contribution in [0.15, 0.2) is 170 Å². The summed E-state index contributed by atoms with van der Waals surface area (Å²) in [5.74, 6) is 0. The lowest BCUT2D eigenvalue weighted by Crippen LogP contribution is -1.92. The van der Waals surface area contributed by atoms with E-state index in [-0.39, 0.29) is 45.7 Å². The molecule has 0 spiro atoms. The zero-order valence-electron chi connectivity index (χ0n) is 31.5. The van der Waals surface area contributed by atoms with Gasteiger partial charge in [0.2, 0.25) is 0 Å². The minimum Gasteiger partial charge on any atom is -0.0622 e. The van der Waals surface area contributed by atoms with Crippen molar-refractivity contribution >= 4 is 53.9 Å². The summed E-state index contributed by atoms with van der Waals surface area (Å²) in [4.78, 5) is 0. The van der Waals surface area contributed by atoms with Crippen molar-refractivity contribution in [1.29, 1.82) is 0 Å². The van der Waals surface area contributed by atoms with E-state index >= 15 is 0 Å². The van der Waals surface area contributed by atoms with Gasteiger partial charge < -0.3 is 0 Å². The Morgan fingerprint density at radius 1 is 0.318 bits per heavy atom. The molecule has 0 aliphatic carbocycles. The van der Waals surface area contributed by atoms with Gasteiger partial charge in [-0.25, -0.2) is 0 Å². The van der Waals surface area contributed by atoms with Crippen molar-refractivity contribution in [3.8, 4) is 33.4 Å². The molecule has 9 aromatic carbocycles. The number of hydrogen-bond acceptors (Lipinski definition) is 0. The molecule has 0 saturated carbocycles. The highest BCUT2D eigenvalue weighted by molar-refractivity contribution is 6.25. The van der Waals surface area contributed by atoms with Crippen molar-refractivity contribution in [2.24, 2.45) is 0 Å². The maximum absolute atomic E-state index is 9.40. The molecule has 0 nitrogen and oxygen atoms in total. The summed E-state index contributed by atoms with van der Waals surface area (Å²) in [5, 5.41) is 6.29. The van der Waals surface area contributed by atoms with Gasteiger partial charge in [0.05, 0.1) is 11.0 Å². The molecule has 9 rings (SSSR count).